The Morgan fingerprint density at radius 2 is 1.85 bits per heavy atom. The zero-order chi connectivity index (χ0) is 15.3. The highest BCUT2D eigenvalue weighted by Crippen LogP contribution is 2.14. The Morgan fingerprint density at radius 1 is 1.30 bits per heavy atom. The van der Waals surface area contributed by atoms with E-state index < -0.39 is 40.9 Å². The summed E-state index contributed by atoms with van der Waals surface area (Å²) in [5, 5.41) is 11.1. The number of aliphatic carboxylic acids is 1. The molecular weight excluding hydrogens is 295 g/mol. The van der Waals surface area contributed by atoms with E-state index in [1.54, 1.807) is 6.26 Å². The summed E-state index contributed by atoms with van der Waals surface area (Å²) in [6.45, 7) is 0. The molecule has 0 aliphatic heterocycles. The fourth-order valence-electron chi connectivity index (χ4n) is 1.42. The topological polar surface area (TPSA) is 66.4 Å². The van der Waals surface area contributed by atoms with Gasteiger partial charge in [-0.15, -0.1) is 0 Å². The molecule has 0 aromatic heterocycles. The summed E-state index contributed by atoms with van der Waals surface area (Å²) in [5.74, 6) is -6.44. The molecule has 0 saturated heterocycles. The number of hydrogen-bond acceptors (Lipinski definition) is 3. The van der Waals surface area contributed by atoms with Crippen LogP contribution in [0.1, 0.15) is 16.8 Å². The summed E-state index contributed by atoms with van der Waals surface area (Å²) >= 11 is 1.39. The van der Waals surface area contributed by atoms with Crippen LogP contribution < -0.4 is 5.32 Å². The van der Waals surface area contributed by atoms with E-state index in [1.165, 1.54) is 11.8 Å². The van der Waals surface area contributed by atoms with Crippen LogP contribution in [-0.2, 0) is 4.79 Å². The van der Waals surface area contributed by atoms with Crippen molar-refractivity contribution >= 4 is 23.6 Å². The monoisotopic (exact) mass is 307 g/mol. The van der Waals surface area contributed by atoms with E-state index in [9.17, 15) is 22.8 Å². The third kappa shape index (κ3) is 4.16. The van der Waals surface area contributed by atoms with E-state index in [2.05, 4.69) is 5.32 Å². The molecule has 0 heterocycles. The number of carbonyl (C=O) groups excluding carboxylic acids is 1. The zero-order valence-corrected chi connectivity index (χ0v) is 11.3. The Kier molecular flexibility index (Phi) is 5.87. The van der Waals surface area contributed by atoms with Gasteiger partial charge in [0.15, 0.2) is 17.5 Å². The van der Waals surface area contributed by atoms with Crippen molar-refractivity contribution in [1.29, 1.82) is 0 Å². The highest BCUT2D eigenvalue weighted by molar-refractivity contribution is 7.98. The number of nitrogens with one attached hydrogen (secondary N) is 1. The number of rotatable bonds is 6. The standard InChI is InChI=1S/C12H12F3NO3S/c1-20-3-2-9(12(18)19)16-11(17)6-4-7(13)10(15)8(14)5-6/h4-5,9H,2-3H2,1H3,(H,16,17)(H,18,19)/t9-/m0/s1. The van der Waals surface area contributed by atoms with Crippen LogP contribution in [0.2, 0.25) is 0 Å². The lowest BCUT2D eigenvalue weighted by atomic mass is 10.1. The largest absolute Gasteiger partial charge is 0.480 e. The van der Waals surface area contributed by atoms with Crippen LogP contribution in [-0.4, -0.2) is 35.0 Å². The molecule has 0 fully saturated rings. The van der Waals surface area contributed by atoms with Gasteiger partial charge in [0.2, 0.25) is 0 Å². The lowest BCUT2D eigenvalue weighted by Crippen LogP contribution is -2.41. The maximum atomic E-state index is 13.0. The number of carboxylic acids is 1. The predicted octanol–water partition coefficient (Wildman–Crippen LogP) is 2.04. The molecule has 1 amide bonds. The normalized spacial score (nSPS) is 12.0. The minimum atomic E-state index is -1.68. The second kappa shape index (κ2) is 7.18. The van der Waals surface area contributed by atoms with E-state index >= 15 is 0 Å². The number of halogens is 3. The number of carboxylic acid groups (broad SMARTS) is 1. The molecule has 1 atom stereocenters. The maximum Gasteiger partial charge on any atom is 0.326 e. The molecule has 4 nitrogen and oxygen atoms in total. The number of thioether (sulfide) groups is 1. The molecule has 20 heavy (non-hydrogen) atoms. The molecule has 110 valence electrons. The van der Waals surface area contributed by atoms with E-state index in [4.69, 9.17) is 5.11 Å². The van der Waals surface area contributed by atoms with Gasteiger partial charge in [0.25, 0.3) is 5.91 Å². The van der Waals surface area contributed by atoms with Gasteiger partial charge in [-0.25, -0.2) is 18.0 Å². The van der Waals surface area contributed by atoms with Gasteiger partial charge in [-0.05, 0) is 30.6 Å². The van der Waals surface area contributed by atoms with Crippen molar-refractivity contribution in [2.24, 2.45) is 0 Å². The second-order valence-corrected chi connectivity index (χ2v) is 4.89. The van der Waals surface area contributed by atoms with Gasteiger partial charge in [-0.3, -0.25) is 4.79 Å². The van der Waals surface area contributed by atoms with Crippen molar-refractivity contribution in [2.75, 3.05) is 12.0 Å². The molecule has 1 rings (SSSR count). The van der Waals surface area contributed by atoms with E-state index in [-0.39, 0.29) is 6.42 Å². The van der Waals surface area contributed by atoms with Gasteiger partial charge < -0.3 is 10.4 Å². The van der Waals surface area contributed by atoms with Crippen LogP contribution in [0.4, 0.5) is 13.2 Å². The third-order valence-corrected chi connectivity index (χ3v) is 3.10. The molecule has 1 aromatic carbocycles. The van der Waals surface area contributed by atoms with Gasteiger partial charge >= 0.3 is 5.97 Å². The lowest BCUT2D eigenvalue weighted by Gasteiger charge is -2.14. The first-order valence-electron chi connectivity index (χ1n) is 5.54. The molecule has 0 aliphatic rings. The van der Waals surface area contributed by atoms with E-state index in [0.29, 0.717) is 17.9 Å². The summed E-state index contributed by atoms with van der Waals surface area (Å²) in [4.78, 5) is 22.6. The molecule has 1 aromatic rings. The molecule has 0 unspecified atom stereocenters. The minimum absolute atomic E-state index is 0.161. The molecule has 0 bridgehead atoms. The molecule has 0 aliphatic carbocycles. The highest BCUT2D eigenvalue weighted by atomic mass is 32.2. The highest BCUT2D eigenvalue weighted by Gasteiger charge is 2.22. The van der Waals surface area contributed by atoms with Crippen LogP contribution >= 0.6 is 11.8 Å². The number of hydrogen-bond donors (Lipinski definition) is 2. The van der Waals surface area contributed by atoms with Crippen LogP contribution in [0.5, 0.6) is 0 Å². The minimum Gasteiger partial charge on any atom is -0.480 e. The fraction of sp³-hybridized carbons (Fsp3) is 0.333. The second-order valence-electron chi connectivity index (χ2n) is 3.90. The smallest absolute Gasteiger partial charge is 0.326 e. The Balaban J connectivity index is 2.86. The molecule has 0 radical (unpaired) electrons. The predicted molar refractivity (Wildman–Crippen MR) is 68.2 cm³/mol. The first-order valence-corrected chi connectivity index (χ1v) is 6.93. The fourth-order valence-corrected chi connectivity index (χ4v) is 1.89. The molecule has 2 N–H and O–H groups in total. The summed E-state index contributed by atoms with van der Waals surface area (Å²) in [7, 11) is 0. The number of carbonyl (C=O) groups is 2. The van der Waals surface area contributed by atoms with Crippen LogP contribution in [0.15, 0.2) is 12.1 Å². The van der Waals surface area contributed by atoms with Crippen LogP contribution in [0.3, 0.4) is 0 Å². The van der Waals surface area contributed by atoms with Gasteiger partial charge in [-0.2, -0.15) is 11.8 Å². The van der Waals surface area contributed by atoms with Crippen molar-refractivity contribution < 1.29 is 27.9 Å². The molecule has 0 saturated carbocycles. The summed E-state index contributed by atoms with van der Waals surface area (Å²) in [6.07, 6.45) is 1.93. The number of amides is 1. The summed E-state index contributed by atoms with van der Waals surface area (Å²) in [5.41, 5.74) is -0.475. The third-order valence-electron chi connectivity index (χ3n) is 2.46. The molecule has 8 heteroatoms. The van der Waals surface area contributed by atoms with Gasteiger partial charge in [0.1, 0.15) is 6.04 Å². The van der Waals surface area contributed by atoms with Gasteiger partial charge in [0, 0.05) is 5.56 Å². The zero-order valence-electron chi connectivity index (χ0n) is 10.5. The molecule has 0 spiro atoms. The van der Waals surface area contributed by atoms with Crippen molar-refractivity contribution in [1.82, 2.24) is 5.32 Å². The van der Waals surface area contributed by atoms with Gasteiger partial charge in [0.05, 0.1) is 0 Å². The Bertz CT molecular complexity index is 502. The first-order chi connectivity index (χ1) is 9.36. The quantitative estimate of drug-likeness (QED) is 0.789. The number of benzene rings is 1. The van der Waals surface area contributed by atoms with Gasteiger partial charge in [-0.1, -0.05) is 0 Å². The van der Waals surface area contributed by atoms with Crippen LogP contribution in [0.25, 0.3) is 0 Å². The maximum absolute atomic E-state index is 13.0. The first kappa shape index (κ1) is 16.4. The molecular formula is C12H12F3NO3S. The van der Waals surface area contributed by atoms with Crippen molar-refractivity contribution in [3.8, 4) is 0 Å². The van der Waals surface area contributed by atoms with E-state index in [1.807, 2.05) is 0 Å². The Labute approximate surface area is 117 Å². The average Bonchev–Trinajstić information content (AvgIpc) is 2.39. The SMILES string of the molecule is CSCC[C@H](NC(=O)c1cc(F)c(F)c(F)c1)C(=O)O. The Hall–Kier alpha value is -1.70. The van der Waals surface area contributed by atoms with Crippen molar-refractivity contribution in [2.45, 2.75) is 12.5 Å². The van der Waals surface area contributed by atoms with E-state index in [0.717, 1.165) is 0 Å². The van der Waals surface area contributed by atoms with Crippen LogP contribution in [0, 0.1) is 17.5 Å². The summed E-state index contributed by atoms with van der Waals surface area (Å²) in [6, 6.07) is -0.145. The average molecular weight is 307 g/mol. The summed E-state index contributed by atoms with van der Waals surface area (Å²) < 4.78 is 38.7. The van der Waals surface area contributed by atoms with Crippen molar-refractivity contribution in [3.05, 3.63) is 35.1 Å². The Morgan fingerprint density at radius 3 is 2.30 bits per heavy atom. The lowest BCUT2D eigenvalue weighted by molar-refractivity contribution is -0.139. The van der Waals surface area contributed by atoms with Crippen molar-refractivity contribution in [3.63, 3.8) is 0 Å².